The van der Waals surface area contributed by atoms with Gasteiger partial charge in [-0.05, 0) is 104 Å². The van der Waals surface area contributed by atoms with Gasteiger partial charge in [0, 0.05) is 25.8 Å². The topological polar surface area (TPSA) is 118 Å². The minimum atomic E-state index is -0.929. The van der Waals surface area contributed by atoms with E-state index in [1.54, 1.807) is 0 Å². The van der Waals surface area contributed by atoms with E-state index in [1.165, 1.54) is 135 Å². The molecule has 1 unspecified atom stereocenters. The van der Waals surface area contributed by atoms with Crippen molar-refractivity contribution in [3.8, 4) is 0 Å². The van der Waals surface area contributed by atoms with Crippen molar-refractivity contribution in [1.29, 1.82) is 0 Å². The molecule has 0 aromatic carbocycles. The number of esters is 3. The van der Waals surface area contributed by atoms with Crippen LogP contribution in [0.2, 0.25) is 0 Å². The lowest BCUT2D eigenvalue weighted by Crippen LogP contribution is -2.31. The molecule has 10 heteroatoms. The van der Waals surface area contributed by atoms with Gasteiger partial charge in [-0.2, -0.15) is 0 Å². The summed E-state index contributed by atoms with van der Waals surface area (Å²) >= 11 is 0. The van der Waals surface area contributed by atoms with Crippen molar-refractivity contribution in [1.82, 2.24) is 4.90 Å². The Morgan fingerprint density at radius 3 is 1.13 bits per heavy atom. The summed E-state index contributed by atoms with van der Waals surface area (Å²) in [6, 6.07) is 0. The van der Waals surface area contributed by atoms with E-state index in [0.29, 0.717) is 12.8 Å². The Bertz CT molecular complexity index is 1200. The highest BCUT2D eigenvalue weighted by molar-refractivity contribution is 5.71. The molecule has 0 amide bonds. The fraction of sp³-hybridized carbons (Fsp3) is 0.869. The highest BCUT2D eigenvalue weighted by atomic mass is 16.7. The molecule has 1 atom stereocenters. The Balaban J connectivity index is 5.02. The van der Waals surface area contributed by atoms with Crippen LogP contribution in [0.4, 0.5) is 4.79 Å². The van der Waals surface area contributed by atoms with Crippen LogP contribution in [0.1, 0.15) is 290 Å². The molecule has 0 rings (SSSR count). The van der Waals surface area contributed by atoms with E-state index < -0.39 is 24.3 Å². The predicted molar refractivity (Wildman–Crippen MR) is 296 cm³/mol. The zero-order valence-corrected chi connectivity index (χ0v) is 47.1. The van der Waals surface area contributed by atoms with Crippen molar-refractivity contribution >= 4 is 24.1 Å². The van der Waals surface area contributed by atoms with Gasteiger partial charge in [-0.25, -0.2) is 4.79 Å². The normalized spacial score (nSPS) is 12.5. The number of nitrogens with zero attached hydrogens (tertiary/aromatic N) is 1. The van der Waals surface area contributed by atoms with Crippen molar-refractivity contribution < 1.29 is 42.9 Å². The Kier molecular flexibility index (Phi) is 52.7. The van der Waals surface area contributed by atoms with E-state index in [1.807, 2.05) is 19.0 Å². The predicted octanol–water partition coefficient (Wildman–Crippen LogP) is 17.6. The highest BCUT2D eigenvalue weighted by Crippen LogP contribution is 2.18. The van der Waals surface area contributed by atoms with Crippen molar-refractivity contribution in [3.63, 3.8) is 0 Å². The standard InChI is InChI=1S/C61H113NO9/c1-6-9-12-15-18-21-24-26-28-30-32-35-38-41-44-48-58(63)68-54-57(55-69-59(64)49-45-42-39-36-33-31-29-27-25-22-19-16-13-10-7-2)70-60(65)51-50-56(71-61(66)67-53-46-52-62(4)5)47-43-40-37-34-23-20-17-14-11-8-3/h26-29,56-57H,6-25,30-55H2,1-5H3. The summed E-state index contributed by atoms with van der Waals surface area (Å²) in [6.07, 6.45) is 52.0. The van der Waals surface area contributed by atoms with Crippen LogP contribution < -0.4 is 0 Å². The molecule has 71 heavy (non-hydrogen) atoms. The first-order valence-electron chi connectivity index (χ1n) is 30.0. The van der Waals surface area contributed by atoms with Gasteiger partial charge in [-0.15, -0.1) is 0 Å². The van der Waals surface area contributed by atoms with E-state index in [4.69, 9.17) is 23.7 Å². The molecule has 0 saturated heterocycles. The Morgan fingerprint density at radius 2 is 0.732 bits per heavy atom. The molecule has 0 spiro atoms. The van der Waals surface area contributed by atoms with Gasteiger partial charge in [0.15, 0.2) is 6.10 Å². The summed E-state index contributed by atoms with van der Waals surface area (Å²) in [7, 11) is 3.94. The molecule has 0 aromatic rings. The number of ether oxygens (including phenoxy) is 5. The van der Waals surface area contributed by atoms with E-state index in [2.05, 4.69) is 45.1 Å². The average molecular weight is 1000 g/mol. The molecule has 0 aliphatic heterocycles. The fourth-order valence-corrected chi connectivity index (χ4v) is 8.66. The number of hydrogen-bond donors (Lipinski definition) is 0. The van der Waals surface area contributed by atoms with Crippen molar-refractivity contribution in [3.05, 3.63) is 24.3 Å². The van der Waals surface area contributed by atoms with Gasteiger partial charge in [0.05, 0.1) is 6.61 Å². The van der Waals surface area contributed by atoms with Gasteiger partial charge in [0.2, 0.25) is 0 Å². The van der Waals surface area contributed by atoms with Crippen LogP contribution in [0, 0.1) is 0 Å². The van der Waals surface area contributed by atoms with Gasteiger partial charge >= 0.3 is 24.1 Å². The molecule has 0 N–H and O–H groups in total. The maximum absolute atomic E-state index is 13.3. The summed E-state index contributed by atoms with van der Waals surface area (Å²) < 4.78 is 28.1. The van der Waals surface area contributed by atoms with Crippen molar-refractivity contribution in [2.45, 2.75) is 303 Å². The lowest BCUT2D eigenvalue weighted by Gasteiger charge is -2.20. The smallest absolute Gasteiger partial charge is 0.462 e. The second-order valence-corrected chi connectivity index (χ2v) is 20.7. The van der Waals surface area contributed by atoms with Crippen LogP contribution in [0.3, 0.4) is 0 Å². The van der Waals surface area contributed by atoms with Gasteiger partial charge in [0.1, 0.15) is 19.3 Å². The van der Waals surface area contributed by atoms with Crippen LogP contribution >= 0.6 is 0 Å². The third kappa shape index (κ3) is 53.2. The summed E-state index contributed by atoms with van der Waals surface area (Å²) in [5.41, 5.74) is 0. The first kappa shape index (κ1) is 68.1. The minimum Gasteiger partial charge on any atom is -0.462 e. The molecule has 0 radical (unpaired) electrons. The van der Waals surface area contributed by atoms with Gasteiger partial charge in [-0.1, -0.05) is 206 Å². The largest absolute Gasteiger partial charge is 0.508 e. The highest BCUT2D eigenvalue weighted by Gasteiger charge is 2.22. The zero-order chi connectivity index (χ0) is 51.9. The molecular weight excluding hydrogens is 891 g/mol. The Hall–Kier alpha value is -2.88. The number of rotatable bonds is 54. The number of unbranched alkanes of at least 4 members (excludes halogenated alkanes) is 31. The monoisotopic (exact) mass is 1000 g/mol. The maximum Gasteiger partial charge on any atom is 0.508 e. The van der Waals surface area contributed by atoms with Gasteiger partial charge in [-0.3, -0.25) is 14.4 Å². The first-order chi connectivity index (χ1) is 34.7. The number of hydrogen-bond acceptors (Lipinski definition) is 10. The summed E-state index contributed by atoms with van der Waals surface area (Å²) in [4.78, 5) is 53.6. The van der Waals surface area contributed by atoms with Crippen LogP contribution in [0.5, 0.6) is 0 Å². The molecule has 416 valence electrons. The van der Waals surface area contributed by atoms with Crippen LogP contribution in [0.25, 0.3) is 0 Å². The van der Waals surface area contributed by atoms with Crippen LogP contribution in [-0.2, 0) is 38.1 Å². The van der Waals surface area contributed by atoms with Crippen molar-refractivity contribution in [2.75, 3.05) is 40.5 Å². The molecule has 0 saturated carbocycles. The average Bonchev–Trinajstić information content (AvgIpc) is 3.35. The molecule has 0 aliphatic carbocycles. The quantitative estimate of drug-likeness (QED) is 0.0252. The first-order valence-corrected chi connectivity index (χ1v) is 30.0. The SMILES string of the molecule is CCCCCCCCC=CCCCCCCCC(=O)OCC(COC(=O)CCCCCCCC=CCCCCCCCC)OC(=O)CCC(CCCCCCCCCCCC)OC(=O)OCCCN(C)C. The molecule has 0 fully saturated rings. The number of carbonyl (C=O) groups excluding carboxylic acids is 4. The van der Waals surface area contributed by atoms with E-state index in [-0.39, 0.29) is 57.4 Å². The fourth-order valence-electron chi connectivity index (χ4n) is 8.66. The van der Waals surface area contributed by atoms with Crippen LogP contribution in [0.15, 0.2) is 24.3 Å². The van der Waals surface area contributed by atoms with Crippen molar-refractivity contribution in [2.24, 2.45) is 0 Å². The molecule has 0 aromatic heterocycles. The summed E-state index contributed by atoms with van der Waals surface area (Å²) in [5, 5.41) is 0. The third-order valence-electron chi connectivity index (χ3n) is 13.2. The maximum atomic E-state index is 13.3. The third-order valence-corrected chi connectivity index (χ3v) is 13.2. The lowest BCUT2D eigenvalue weighted by molar-refractivity contribution is -0.167. The number of carbonyl (C=O) groups is 4. The molecule has 0 heterocycles. The van der Waals surface area contributed by atoms with Gasteiger partial charge in [0.25, 0.3) is 0 Å². The van der Waals surface area contributed by atoms with E-state index in [0.717, 1.165) is 103 Å². The molecular formula is C61H113NO9. The molecule has 0 aliphatic rings. The Morgan fingerprint density at radius 1 is 0.366 bits per heavy atom. The second kappa shape index (κ2) is 54.9. The Labute approximate surface area is 437 Å². The minimum absolute atomic E-state index is 0.00143. The summed E-state index contributed by atoms with van der Waals surface area (Å²) in [6.45, 7) is 7.43. The summed E-state index contributed by atoms with van der Waals surface area (Å²) in [5.74, 6) is -1.22. The second-order valence-electron chi connectivity index (χ2n) is 20.7. The van der Waals surface area contributed by atoms with Gasteiger partial charge < -0.3 is 28.6 Å². The lowest BCUT2D eigenvalue weighted by atomic mass is 10.0. The van der Waals surface area contributed by atoms with E-state index in [9.17, 15) is 19.2 Å². The zero-order valence-electron chi connectivity index (χ0n) is 47.1. The number of allylic oxidation sites excluding steroid dienone is 4. The molecule has 0 bridgehead atoms. The molecule has 10 nitrogen and oxygen atoms in total. The van der Waals surface area contributed by atoms with Crippen LogP contribution in [-0.4, -0.2) is 81.6 Å². The van der Waals surface area contributed by atoms with E-state index >= 15 is 0 Å².